The molecule has 1 N–H and O–H groups in total. The fraction of sp³-hybridized carbons (Fsp3) is 0.417. The number of phenols is 1. The van der Waals surface area contributed by atoms with Gasteiger partial charge in [-0.3, -0.25) is 0 Å². The molecule has 0 heterocycles. The Bertz CT molecular complexity index is 427. The lowest BCUT2D eigenvalue weighted by molar-refractivity contribution is -0.138. The summed E-state index contributed by atoms with van der Waals surface area (Å²) in [5.74, 6) is -1.73. The minimum Gasteiger partial charge on any atom is -0.507 e. The maximum Gasteiger partial charge on any atom is 0.419 e. The van der Waals surface area contributed by atoms with E-state index in [-0.39, 0.29) is 12.2 Å². The van der Waals surface area contributed by atoms with Crippen molar-refractivity contribution in [1.29, 1.82) is 0 Å². The Hall–Kier alpha value is -1.72. The molecule has 0 unspecified atom stereocenters. The molecule has 0 aliphatic heterocycles. The average Bonchev–Trinajstić information content (AvgIpc) is 2.28. The van der Waals surface area contributed by atoms with Gasteiger partial charge in [0.05, 0.1) is 17.7 Å². The van der Waals surface area contributed by atoms with E-state index >= 15 is 0 Å². The van der Waals surface area contributed by atoms with Crippen LogP contribution in [0.4, 0.5) is 13.2 Å². The largest absolute Gasteiger partial charge is 0.507 e. The number of hydrogen-bond donors (Lipinski definition) is 1. The normalized spacial score (nSPS) is 11.3. The van der Waals surface area contributed by atoms with Gasteiger partial charge in [-0.15, -0.1) is 0 Å². The molecular formula is C12H13F3O3. The van der Waals surface area contributed by atoms with Crippen LogP contribution in [0.3, 0.4) is 0 Å². The fourth-order valence-electron chi connectivity index (χ4n) is 1.28. The maximum absolute atomic E-state index is 12.5. The number of rotatable bonds is 4. The molecule has 1 aromatic rings. The van der Waals surface area contributed by atoms with Gasteiger partial charge in [-0.25, -0.2) is 4.79 Å². The summed E-state index contributed by atoms with van der Waals surface area (Å²) in [6.07, 6.45) is -3.24. The predicted molar refractivity (Wildman–Crippen MR) is 58.3 cm³/mol. The van der Waals surface area contributed by atoms with Crippen LogP contribution in [0.1, 0.15) is 35.7 Å². The second-order valence-corrected chi connectivity index (χ2v) is 3.72. The molecule has 0 saturated carbocycles. The number of halogens is 3. The van der Waals surface area contributed by atoms with E-state index in [2.05, 4.69) is 0 Å². The second kappa shape index (κ2) is 5.75. The summed E-state index contributed by atoms with van der Waals surface area (Å²) in [6, 6.07) is 2.52. The number of unbranched alkanes of at least 4 members (excludes halogenated alkanes) is 1. The number of esters is 1. The maximum atomic E-state index is 12.5. The van der Waals surface area contributed by atoms with Crippen LogP contribution < -0.4 is 0 Å². The molecule has 0 spiro atoms. The molecular weight excluding hydrogens is 249 g/mol. The minimum absolute atomic E-state index is 0.164. The van der Waals surface area contributed by atoms with E-state index in [0.717, 1.165) is 18.6 Å². The lowest BCUT2D eigenvalue weighted by Crippen LogP contribution is -2.10. The van der Waals surface area contributed by atoms with Crippen LogP contribution in [0.15, 0.2) is 18.2 Å². The van der Waals surface area contributed by atoms with E-state index in [0.29, 0.717) is 12.5 Å². The number of aromatic hydroxyl groups is 1. The number of alkyl halides is 3. The third-order valence-corrected chi connectivity index (χ3v) is 2.27. The number of hydrogen-bond acceptors (Lipinski definition) is 3. The van der Waals surface area contributed by atoms with Gasteiger partial charge in [-0.05, 0) is 24.6 Å². The molecule has 0 bridgehead atoms. The van der Waals surface area contributed by atoms with Crippen molar-refractivity contribution in [3.05, 3.63) is 29.3 Å². The highest BCUT2D eigenvalue weighted by molar-refractivity contribution is 5.89. The Labute approximate surface area is 102 Å². The zero-order valence-corrected chi connectivity index (χ0v) is 9.75. The summed E-state index contributed by atoms with van der Waals surface area (Å²) in [4.78, 5) is 11.4. The molecule has 0 radical (unpaired) electrons. The molecule has 6 heteroatoms. The summed E-state index contributed by atoms with van der Waals surface area (Å²) in [5, 5.41) is 9.09. The zero-order valence-electron chi connectivity index (χ0n) is 9.75. The van der Waals surface area contributed by atoms with Crippen LogP contribution in [0.25, 0.3) is 0 Å². The molecule has 3 nitrogen and oxygen atoms in total. The van der Waals surface area contributed by atoms with Crippen LogP contribution in [0.2, 0.25) is 0 Å². The Morgan fingerprint density at radius 1 is 1.39 bits per heavy atom. The van der Waals surface area contributed by atoms with Crippen LogP contribution >= 0.6 is 0 Å². The van der Waals surface area contributed by atoms with Crippen LogP contribution in [0.5, 0.6) is 5.75 Å². The van der Waals surface area contributed by atoms with Gasteiger partial charge in [-0.1, -0.05) is 13.3 Å². The first-order valence-electron chi connectivity index (χ1n) is 5.43. The van der Waals surface area contributed by atoms with Crippen molar-refractivity contribution in [3.63, 3.8) is 0 Å². The van der Waals surface area contributed by atoms with E-state index in [1.54, 1.807) is 0 Å². The number of carbonyl (C=O) groups is 1. The van der Waals surface area contributed by atoms with E-state index in [1.165, 1.54) is 0 Å². The van der Waals surface area contributed by atoms with Gasteiger partial charge >= 0.3 is 12.1 Å². The smallest absolute Gasteiger partial charge is 0.419 e. The van der Waals surface area contributed by atoms with Crippen molar-refractivity contribution in [3.8, 4) is 5.75 Å². The molecule has 1 aromatic carbocycles. The highest BCUT2D eigenvalue weighted by Gasteiger charge is 2.34. The number of phenolic OH excluding ortho intramolecular Hbond substituents is 1. The molecule has 0 aliphatic carbocycles. The van der Waals surface area contributed by atoms with E-state index < -0.39 is 23.5 Å². The summed E-state index contributed by atoms with van der Waals surface area (Å²) in [7, 11) is 0. The first kappa shape index (κ1) is 14.3. The number of ether oxygens (including phenoxy) is 1. The van der Waals surface area contributed by atoms with E-state index in [1.807, 2.05) is 6.92 Å². The molecule has 18 heavy (non-hydrogen) atoms. The first-order valence-corrected chi connectivity index (χ1v) is 5.43. The van der Waals surface area contributed by atoms with Gasteiger partial charge in [0.1, 0.15) is 5.75 Å². The Kier molecular flexibility index (Phi) is 4.58. The second-order valence-electron chi connectivity index (χ2n) is 3.72. The number of carbonyl (C=O) groups excluding carboxylic acids is 1. The molecule has 0 amide bonds. The van der Waals surface area contributed by atoms with Crippen molar-refractivity contribution in [2.75, 3.05) is 6.61 Å². The van der Waals surface area contributed by atoms with Crippen molar-refractivity contribution >= 4 is 5.97 Å². The van der Waals surface area contributed by atoms with Crippen molar-refractivity contribution < 1.29 is 27.8 Å². The molecule has 1 rings (SSSR count). The standard InChI is InChI=1S/C12H13F3O3/c1-2-3-6-18-11(17)8-4-5-10(16)9(7-8)12(13,14)15/h4-5,7,16H,2-3,6H2,1H3. The molecule has 0 aromatic heterocycles. The number of benzene rings is 1. The van der Waals surface area contributed by atoms with Gasteiger partial charge in [0, 0.05) is 0 Å². The lowest BCUT2D eigenvalue weighted by atomic mass is 10.1. The third kappa shape index (κ3) is 3.65. The summed E-state index contributed by atoms with van der Waals surface area (Å²) in [6.45, 7) is 2.06. The van der Waals surface area contributed by atoms with Gasteiger partial charge in [-0.2, -0.15) is 13.2 Å². The molecule has 0 saturated heterocycles. The van der Waals surface area contributed by atoms with Gasteiger partial charge in [0.15, 0.2) is 0 Å². The van der Waals surface area contributed by atoms with Gasteiger partial charge in [0.25, 0.3) is 0 Å². The molecule has 100 valence electrons. The average molecular weight is 262 g/mol. The van der Waals surface area contributed by atoms with Crippen molar-refractivity contribution in [1.82, 2.24) is 0 Å². The highest BCUT2D eigenvalue weighted by atomic mass is 19.4. The third-order valence-electron chi connectivity index (χ3n) is 2.27. The molecule has 0 aliphatic rings. The van der Waals surface area contributed by atoms with Crippen LogP contribution in [0, 0.1) is 0 Å². The van der Waals surface area contributed by atoms with Gasteiger partial charge < -0.3 is 9.84 Å². The Morgan fingerprint density at radius 2 is 2.06 bits per heavy atom. The van der Waals surface area contributed by atoms with Gasteiger partial charge in [0.2, 0.25) is 0 Å². The predicted octanol–water partition coefficient (Wildman–Crippen LogP) is 3.37. The molecule has 0 atom stereocenters. The summed E-state index contributed by atoms with van der Waals surface area (Å²) < 4.78 is 42.2. The minimum atomic E-state index is -4.70. The first-order chi connectivity index (χ1) is 8.36. The fourth-order valence-corrected chi connectivity index (χ4v) is 1.28. The lowest BCUT2D eigenvalue weighted by Gasteiger charge is -2.10. The van der Waals surface area contributed by atoms with E-state index in [9.17, 15) is 18.0 Å². The quantitative estimate of drug-likeness (QED) is 0.668. The van der Waals surface area contributed by atoms with Crippen molar-refractivity contribution in [2.45, 2.75) is 25.9 Å². The zero-order chi connectivity index (χ0) is 13.8. The van der Waals surface area contributed by atoms with Crippen LogP contribution in [-0.2, 0) is 10.9 Å². The SMILES string of the molecule is CCCCOC(=O)c1ccc(O)c(C(F)(F)F)c1. The summed E-state index contributed by atoms with van der Waals surface area (Å²) >= 11 is 0. The topological polar surface area (TPSA) is 46.5 Å². The highest BCUT2D eigenvalue weighted by Crippen LogP contribution is 2.36. The Balaban J connectivity index is 2.88. The van der Waals surface area contributed by atoms with Crippen molar-refractivity contribution in [2.24, 2.45) is 0 Å². The monoisotopic (exact) mass is 262 g/mol. The molecule has 0 fully saturated rings. The Morgan fingerprint density at radius 3 is 2.61 bits per heavy atom. The van der Waals surface area contributed by atoms with Crippen LogP contribution in [-0.4, -0.2) is 17.7 Å². The summed E-state index contributed by atoms with van der Waals surface area (Å²) in [5.41, 5.74) is -1.47. The van der Waals surface area contributed by atoms with E-state index in [4.69, 9.17) is 9.84 Å².